The summed E-state index contributed by atoms with van der Waals surface area (Å²) in [7, 11) is 0. The maximum Gasteiger partial charge on any atom is 0.159 e. The number of hydrogen-bond donors (Lipinski definition) is 0. The van der Waals surface area contributed by atoms with Crippen LogP contribution in [0.4, 0.5) is 8.78 Å². The lowest BCUT2D eigenvalue weighted by Gasteiger charge is -2.12. The van der Waals surface area contributed by atoms with Gasteiger partial charge in [0.25, 0.3) is 0 Å². The Morgan fingerprint density at radius 3 is 2.42 bits per heavy atom. The molecular weight excluding hydrogens is 378 g/mol. The summed E-state index contributed by atoms with van der Waals surface area (Å²) in [5, 5.41) is 0. The van der Waals surface area contributed by atoms with Crippen molar-refractivity contribution in [3.8, 4) is 0 Å². The van der Waals surface area contributed by atoms with Crippen LogP contribution < -0.4 is 0 Å². The minimum atomic E-state index is -0.812. The first-order valence-corrected chi connectivity index (χ1v) is 7.52. The minimum Gasteiger partial charge on any atom is -0.204 e. The number of rotatable bonds is 3. The molecule has 0 aliphatic rings. The molecule has 0 heterocycles. The third-order valence-electron chi connectivity index (χ3n) is 2.96. The van der Waals surface area contributed by atoms with Crippen molar-refractivity contribution >= 4 is 31.9 Å². The smallest absolute Gasteiger partial charge is 0.159 e. The fraction of sp³-hybridized carbons (Fsp3) is 0.200. The summed E-state index contributed by atoms with van der Waals surface area (Å²) < 4.78 is 27.1. The number of aryl methyl sites for hydroxylation is 1. The molecule has 0 spiro atoms. The van der Waals surface area contributed by atoms with Gasteiger partial charge in [0, 0.05) is 9.30 Å². The molecule has 0 aromatic heterocycles. The molecule has 2 rings (SSSR count). The predicted molar refractivity (Wildman–Crippen MR) is 80.6 cm³/mol. The summed E-state index contributed by atoms with van der Waals surface area (Å²) in [6.07, 6.45) is 0.604. The lowest BCUT2D eigenvalue weighted by molar-refractivity contribution is 0.507. The lowest BCUT2D eigenvalue weighted by Crippen LogP contribution is -1.97. The summed E-state index contributed by atoms with van der Waals surface area (Å²) in [6.45, 7) is 2.02. The van der Waals surface area contributed by atoms with E-state index in [1.807, 2.05) is 25.1 Å². The largest absolute Gasteiger partial charge is 0.204 e. The molecule has 0 nitrogen and oxygen atoms in total. The molecule has 0 saturated heterocycles. The molecule has 4 heteroatoms. The molecule has 2 aromatic carbocycles. The van der Waals surface area contributed by atoms with Crippen LogP contribution in [0.25, 0.3) is 0 Å². The van der Waals surface area contributed by atoms with Gasteiger partial charge in [0.15, 0.2) is 11.6 Å². The van der Waals surface area contributed by atoms with Crippen LogP contribution in [-0.4, -0.2) is 0 Å². The average Bonchev–Trinajstić information content (AvgIpc) is 2.37. The van der Waals surface area contributed by atoms with E-state index in [1.54, 1.807) is 6.07 Å². The Labute approximate surface area is 128 Å². The summed E-state index contributed by atoms with van der Waals surface area (Å²) >= 11 is 7.08. The van der Waals surface area contributed by atoms with E-state index in [1.165, 1.54) is 6.07 Å². The van der Waals surface area contributed by atoms with Crippen molar-refractivity contribution in [1.82, 2.24) is 0 Å². The highest BCUT2D eigenvalue weighted by atomic mass is 79.9. The van der Waals surface area contributed by atoms with Crippen molar-refractivity contribution < 1.29 is 8.78 Å². The molecule has 0 aliphatic carbocycles. The molecule has 1 unspecified atom stereocenters. The van der Waals surface area contributed by atoms with Crippen LogP contribution in [0.1, 0.15) is 21.5 Å². The van der Waals surface area contributed by atoms with Crippen molar-refractivity contribution in [3.63, 3.8) is 0 Å². The fourth-order valence-electron chi connectivity index (χ4n) is 1.80. The van der Waals surface area contributed by atoms with Crippen LogP contribution in [0.2, 0.25) is 0 Å². The van der Waals surface area contributed by atoms with Crippen LogP contribution in [0.5, 0.6) is 0 Å². The molecule has 0 saturated carbocycles. The van der Waals surface area contributed by atoms with Crippen molar-refractivity contribution in [2.45, 2.75) is 18.2 Å². The number of hydrogen-bond acceptors (Lipinski definition) is 0. The monoisotopic (exact) mass is 388 g/mol. The van der Waals surface area contributed by atoms with Gasteiger partial charge in [-0.1, -0.05) is 50.1 Å². The summed E-state index contributed by atoms with van der Waals surface area (Å²) in [5.74, 6) is -1.62. The van der Waals surface area contributed by atoms with E-state index in [-0.39, 0.29) is 4.83 Å². The topological polar surface area (TPSA) is 0 Å². The molecule has 0 amide bonds. The number of halogens is 4. The normalized spacial score (nSPS) is 12.5. The zero-order valence-corrected chi connectivity index (χ0v) is 13.4. The third kappa shape index (κ3) is 3.63. The van der Waals surface area contributed by atoms with Gasteiger partial charge in [0.1, 0.15) is 0 Å². The van der Waals surface area contributed by atoms with Gasteiger partial charge in [-0.15, -0.1) is 0 Å². The van der Waals surface area contributed by atoms with Crippen LogP contribution in [-0.2, 0) is 6.42 Å². The molecule has 1 atom stereocenters. The highest BCUT2D eigenvalue weighted by Crippen LogP contribution is 2.30. The Balaban J connectivity index is 2.17. The van der Waals surface area contributed by atoms with Gasteiger partial charge < -0.3 is 0 Å². The number of benzene rings is 2. The zero-order valence-electron chi connectivity index (χ0n) is 10.3. The molecule has 100 valence electrons. The SMILES string of the molecule is Cc1ccc(C(Br)Cc2ccc(F)c(F)c2)cc1Br. The first kappa shape index (κ1) is 14.7. The molecule has 0 radical (unpaired) electrons. The molecule has 0 fully saturated rings. The zero-order chi connectivity index (χ0) is 14.0. The molecule has 0 N–H and O–H groups in total. The van der Waals surface area contributed by atoms with Crippen molar-refractivity contribution in [1.29, 1.82) is 0 Å². The van der Waals surface area contributed by atoms with E-state index < -0.39 is 11.6 Å². The summed E-state index contributed by atoms with van der Waals surface area (Å²) in [6, 6.07) is 10.1. The Hall–Kier alpha value is -0.740. The Morgan fingerprint density at radius 1 is 1.05 bits per heavy atom. The number of alkyl halides is 1. The molecule has 0 aliphatic heterocycles. The van der Waals surface area contributed by atoms with E-state index in [0.29, 0.717) is 6.42 Å². The van der Waals surface area contributed by atoms with Crippen molar-refractivity contribution in [2.24, 2.45) is 0 Å². The van der Waals surface area contributed by atoms with Gasteiger partial charge >= 0.3 is 0 Å². The van der Waals surface area contributed by atoms with Gasteiger partial charge in [0.2, 0.25) is 0 Å². The Morgan fingerprint density at radius 2 is 1.79 bits per heavy atom. The maximum atomic E-state index is 13.2. The highest BCUT2D eigenvalue weighted by molar-refractivity contribution is 9.10. The van der Waals surface area contributed by atoms with Crippen LogP contribution >= 0.6 is 31.9 Å². The van der Waals surface area contributed by atoms with E-state index in [0.717, 1.165) is 27.2 Å². The second-order valence-electron chi connectivity index (χ2n) is 4.43. The van der Waals surface area contributed by atoms with E-state index in [9.17, 15) is 8.78 Å². The van der Waals surface area contributed by atoms with Crippen molar-refractivity contribution in [3.05, 3.63) is 69.2 Å². The Bertz CT molecular complexity index is 597. The van der Waals surface area contributed by atoms with E-state index in [2.05, 4.69) is 31.9 Å². The van der Waals surface area contributed by atoms with Gasteiger partial charge in [-0.3, -0.25) is 0 Å². The van der Waals surface area contributed by atoms with E-state index in [4.69, 9.17) is 0 Å². The first-order chi connectivity index (χ1) is 8.97. The lowest BCUT2D eigenvalue weighted by atomic mass is 10.0. The average molecular weight is 390 g/mol. The first-order valence-electron chi connectivity index (χ1n) is 5.81. The van der Waals surface area contributed by atoms with Crippen LogP contribution in [0, 0.1) is 18.6 Å². The van der Waals surface area contributed by atoms with Gasteiger partial charge in [0.05, 0.1) is 0 Å². The standard InChI is InChI=1S/C15H12Br2F2/c1-9-2-4-11(8-12(9)16)13(17)6-10-3-5-14(18)15(19)7-10/h2-5,7-8,13H,6H2,1H3. The third-order valence-corrected chi connectivity index (χ3v) is 4.66. The maximum absolute atomic E-state index is 13.2. The van der Waals surface area contributed by atoms with Gasteiger partial charge in [-0.2, -0.15) is 0 Å². The van der Waals surface area contributed by atoms with Gasteiger partial charge in [-0.05, 0) is 48.2 Å². The van der Waals surface area contributed by atoms with Crippen LogP contribution in [0.3, 0.4) is 0 Å². The molecule has 2 aromatic rings. The van der Waals surface area contributed by atoms with Crippen LogP contribution in [0.15, 0.2) is 40.9 Å². The fourth-order valence-corrected chi connectivity index (χ4v) is 2.85. The molecule has 19 heavy (non-hydrogen) atoms. The Kier molecular flexibility index (Phi) is 4.74. The highest BCUT2D eigenvalue weighted by Gasteiger charge is 2.11. The quantitative estimate of drug-likeness (QED) is 0.589. The second-order valence-corrected chi connectivity index (χ2v) is 6.39. The molecule has 0 bridgehead atoms. The predicted octanol–water partition coefficient (Wildman–Crippen LogP) is 5.71. The van der Waals surface area contributed by atoms with Gasteiger partial charge in [-0.25, -0.2) is 8.78 Å². The summed E-state index contributed by atoms with van der Waals surface area (Å²) in [4.78, 5) is 0.0641. The van der Waals surface area contributed by atoms with Crippen molar-refractivity contribution in [2.75, 3.05) is 0 Å². The molecular formula is C15H12Br2F2. The van der Waals surface area contributed by atoms with E-state index >= 15 is 0 Å². The summed E-state index contributed by atoms with van der Waals surface area (Å²) in [5.41, 5.74) is 3.02. The minimum absolute atomic E-state index is 0.0641. The second kappa shape index (κ2) is 6.14.